The molecular weight excluding hydrogens is 414 g/mol. The number of nitrogens with two attached hydrogens (primary N) is 5. The second-order valence-corrected chi connectivity index (χ2v) is 8.68. The molecule has 0 aromatic carbocycles. The molecule has 0 spiro atoms. The van der Waals surface area contributed by atoms with Crippen LogP contribution in [0.1, 0.15) is 19.3 Å². The Hall–Kier alpha value is -0.520. The molecule has 1 saturated carbocycles. The first-order chi connectivity index (χ1) is 14.7. The van der Waals surface area contributed by atoms with Gasteiger partial charge in [0.05, 0.1) is 31.0 Å². The molecule has 2 heterocycles. The summed E-state index contributed by atoms with van der Waals surface area (Å²) in [6.07, 6.45) is -7.61. The summed E-state index contributed by atoms with van der Waals surface area (Å²) < 4.78 is 23.1. The summed E-state index contributed by atoms with van der Waals surface area (Å²) in [6.45, 7) is -0.351. The van der Waals surface area contributed by atoms with Crippen LogP contribution in [0.15, 0.2) is 0 Å². The predicted molar refractivity (Wildman–Crippen MR) is 107 cm³/mol. The van der Waals surface area contributed by atoms with E-state index in [9.17, 15) is 20.4 Å². The topological polar surface area (TPSA) is 248 Å². The van der Waals surface area contributed by atoms with Crippen molar-refractivity contribution in [1.82, 2.24) is 0 Å². The van der Waals surface area contributed by atoms with Crippen LogP contribution in [0.4, 0.5) is 0 Å². The van der Waals surface area contributed by atoms with Crippen molar-refractivity contribution in [2.24, 2.45) is 28.7 Å². The molecule has 2 aliphatic heterocycles. The smallest absolute Gasteiger partial charge is 0.173 e. The van der Waals surface area contributed by atoms with Crippen LogP contribution in [0.2, 0.25) is 0 Å². The van der Waals surface area contributed by atoms with Crippen molar-refractivity contribution in [1.29, 1.82) is 0 Å². The Morgan fingerprint density at radius 1 is 0.742 bits per heavy atom. The van der Waals surface area contributed by atoms with Gasteiger partial charge in [0.2, 0.25) is 0 Å². The minimum Gasteiger partial charge on any atom is -0.394 e. The summed E-state index contributed by atoms with van der Waals surface area (Å²) in [6, 6.07) is -2.55. The van der Waals surface area contributed by atoms with E-state index in [-0.39, 0.29) is 25.8 Å². The van der Waals surface area contributed by atoms with E-state index in [1.807, 2.05) is 0 Å². The van der Waals surface area contributed by atoms with E-state index in [0.29, 0.717) is 0 Å². The highest BCUT2D eigenvalue weighted by Gasteiger charge is 2.48. The fraction of sp³-hybridized carbons (Fsp3) is 1.00. The molecule has 3 fully saturated rings. The first kappa shape index (κ1) is 25.1. The Balaban J connectivity index is 1.66. The quantitative estimate of drug-likeness (QED) is 0.183. The van der Waals surface area contributed by atoms with E-state index in [1.165, 1.54) is 0 Å². The fourth-order valence-electron chi connectivity index (χ4n) is 4.43. The summed E-state index contributed by atoms with van der Waals surface area (Å²) >= 11 is 0. The normalized spacial score (nSPS) is 51.6. The molecule has 0 aromatic rings. The molecule has 2 saturated heterocycles. The molecule has 0 aromatic heterocycles. The highest BCUT2D eigenvalue weighted by molar-refractivity contribution is 5.00. The van der Waals surface area contributed by atoms with E-state index in [1.54, 1.807) is 0 Å². The fourth-order valence-corrected chi connectivity index (χ4v) is 4.43. The summed E-state index contributed by atoms with van der Waals surface area (Å²) in [5, 5.41) is 40.3. The molecule has 14 N–H and O–H groups in total. The summed E-state index contributed by atoms with van der Waals surface area (Å²) in [7, 11) is 0. The van der Waals surface area contributed by atoms with Gasteiger partial charge in [-0.05, 0) is 12.8 Å². The van der Waals surface area contributed by atoms with Gasteiger partial charge in [0.1, 0.15) is 24.4 Å². The van der Waals surface area contributed by atoms with Gasteiger partial charge in [-0.15, -0.1) is 0 Å². The Morgan fingerprint density at radius 2 is 1.39 bits per heavy atom. The Bertz CT molecular complexity index is 579. The van der Waals surface area contributed by atoms with Crippen LogP contribution in [-0.4, -0.2) is 113 Å². The molecule has 182 valence electrons. The summed E-state index contributed by atoms with van der Waals surface area (Å²) in [5.41, 5.74) is 30.0. The maximum absolute atomic E-state index is 11.0. The molecule has 3 rings (SSSR count). The largest absolute Gasteiger partial charge is 0.394 e. The summed E-state index contributed by atoms with van der Waals surface area (Å²) in [5.74, 6) is 0. The minimum absolute atomic E-state index is 0.0841. The van der Waals surface area contributed by atoms with Crippen molar-refractivity contribution >= 4 is 0 Å². The summed E-state index contributed by atoms with van der Waals surface area (Å²) in [4.78, 5) is 0. The van der Waals surface area contributed by atoms with E-state index in [2.05, 4.69) is 0 Å². The number of hydrogen-bond acceptors (Lipinski definition) is 13. The molecule has 1 aliphatic carbocycles. The highest BCUT2D eigenvalue weighted by atomic mass is 16.7. The van der Waals surface area contributed by atoms with Crippen molar-refractivity contribution < 1.29 is 39.4 Å². The van der Waals surface area contributed by atoms with Gasteiger partial charge < -0.3 is 68.0 Å². The van der Waals surface area contributed by atoms with Crippen LogP contribution in [0.25, 0.3) is 0 Å². The van der Waals surface area contributed by atoms with Gasteiger partial charge in [0, 0.05) is 31.1 Å². The predicted octanol–water partition coefficient (Wildman–Crippen LogP) is -5.27. The van der Waals surface area contributed by atoms with Crippen molar-refractivity contribution in [3.8, 4) is 0 Å². The third kappa shape index (κ3) is 5.52. The van der Waals surface area contributed by atoms with Gasteiger partial charge in [-0.3, -0.25) is 0 Å². The van der Waals surface area contributed by atoms with E-state index < -0.39 is 86.1 Å². The lowest BCUT2D eigenvalue weighted by Gasteiger charge is -2.47. The average molecular weight is 452 g/mol. The number of rotatable bonds is 6. The van der Waals surface area contributed by atoms with Gasteiger partial charge in [0.15, 0.2) is 12.6 Å². The van der Waals surface area contributed by atoms with Crippen molar-refractivity contribution in [3.63, 3.8) is 0 Å². The molecular formula is C18H37N5O8. The van der Waals surface area contributed by atoms with Crippen LogP contribution in [0, 0.1) is 0 Å². The number of aliphatic hydroxyl groups excluding tert-OH is 4. The Labute approximate surface area is 180 Å². The Morgan fingerprint density at radius 3 is 2.00 bits per heavy atom. The molecule has 13 atom stereocenters. The third-order valence-electron chi connectivity index (χ3n) is 6.29. The number of hydrogen-bond donors (Lipinski definition) is 9. The molecule has 0 radical (unpaired) electrons. The number of aliphatic hydroxyl groups is 4. The lowest BCUT2D eigenvalue weighted by atomic mass is 9.84. The van der Waals surface area contributed by atoms with E-state index in [4.69, 9.17) is 47.6 Å². The van der Waals surface area contributed by atoms with Gasteiger partial charge >= 0.3 is 0 Å². The number of ether oxygens (including phenoxy) is 4. The van der Waals surface area contributed by atoms with Gasteiger partial charge in [-0.2, -0.15) is 0 Å². The first-order valence-corrected chi connectivity index (χ1v) is 10.7. The van der Waals surface area contributed by atoms with Crippen LogP contribution in [0.5, 0.6) is 0 Å². The molecule has 13 nitrogen and oxygen atoms in total. The second-order valence-electron chi connectivity index (χ2n) is 8.68. The minimum atomic E-state index is -1.24. The SMILES string of the molecule is NC[C@H]1O[C@@H](O[C@H]2[C@H](O)C(O[C@@H]3C[C@@H](N)[C@H](O)[C@@H](CO)O3)[C@H](N)C[C@@H]2N)[C@H](N)C[C@@H]1O. The van der Waals surface area contributed by atoms with Gasteiger partial charge in [-0.25, -0.2) is 0 Å². The highest BCUT2D eigenvalue weighted by Crippen LogP contribution is 2.30. The van der Waals surface area contributed by atoms with Crippen LogP contribution < -0.4 is 28.7 Å². The zero-order valence-electron chi connectivity index (χ0n) is 17.3. The monoisotopic (exact) mass is 451 g/mol. The Kier molecular flexibility index (Phi) is 8.59. The molecule has 3 aliphatic rings. The van der Waals surface area contributed by atoms with Gasteiger partial charge in [-0.1, -0.05) is 0 Å². The molecule has 1 unspecified atom stereocenters. The second kappa shape index (κ2) is 10.6. The van der Waals surface area contributed by atoms with Crippen molar-refractivity contribution in [2.75, 3.05) is 13.2 Å². The van der Waals surface area contributed by atoms with Crippen LogP contribution >= 0.6 is 0 Å². The van der Waals surface area contributed by atoms with E-state index >= 15 is 0 Å². The molecule has 13 heteroatoms. The average Bonchev–Trinajstić information content (AvgIpc) is 2.72. The zero-order valence-corrected chi connectivity index (χ0v) is 17.3. The lowest BCUT2D eigenvalue weighted by Crippen LogP contribution is -2.66. The first-order valence-electron chi connectivity index (χ1n) is 10.7. The maximum atomic E-state index is 11.0. The standard InChI is InChI=1S/C18H37N5O8/c19-4-11-10(25)2-9(23)18(29-11)31-17-8(22)1-7(21)16(15(17)27)30-13-3-6(20)14(26)12(5-24)28-13/h6-18,24-27H,1-5,19-23H2/t6-,7-,8+,9-,10+,11-,12-,13-,14+,15-,16?,17-,18+/m1/s1. The molecule has 0 amide bonds. The lowest BCUT2D eigenvalue weighted by molar-refractivity contribution is -0.294. The van der Waals surface area contributed by atoms with Crippen molar-refractivity contribution in [2.45, 2.75) is 98.7 Å². The van der Waals surface area contributed by atoms with Crippen molar-refractivity contribution in [3.05, 3.63) is 0 Å². The zero-order chi connectivity index (χ0) is 22.9. The van der Waals surface area contributed by atoms with Crippen LogP contribution in [0.3, 0.4) is 0 Å². The third-order valence-corrected chi connectivity index (χ3v) is 6.29. The maximum Gasteiger partial charge on any atom is 0.173 e. The van der Waals surface area contributed by atoms with Gasteiger partial charge in [0.25, 0.3) is 0 Å². The molecule has 31 heavy (non-hydrogen) atoms. The van der Waals surface area contributed by atoms with E-state index in [0.717, 1.165) is 0 Å². The van der Waals surface area contributed by atoms with Crippen LogP contribution in [-0.2, 0) is 18.9 Å². The molecule has 0 bridgehead atoms.